The number of carbonyl (C=O) groups excluding carboxylic acids is 2. The summed E-state index contributed by atoms with van der Waals surface area (Å²) in [6.45, 7) is 7.63. The van der Waals surface area contributed by atoms with Crippen LogP contribution in [0, 0.1) is 6.92 Å². The Morgan fingerprint density at radius 1 is 1.00 bits per heavy atom. The Hall–Kier alpha value is -4.56. The summed E-state index contributed by atoms with van der Waals surface area (Å²) in [6.07, 6.45) is 3.13. The summed E-state index contributed by atoms with van der Waals surface area (Å²) >= 11 is 0. The average molecular weight is 575 g/mol. The number of carbonyl (C=O) groups is 2. The Balaban J connectivity index is 1.22. The van der Waals surface area contributed by atoms with Gasteiger partial charge in [0, 0.05) is 74.0 Å². The zero-order valence-electron chi connectivity index (χ0n) is 23.7. The number of ether oxygens (including phenoxy) is 1. The molecule has 3 aliphatic rings. The Bertz CT molecular complexity index is 1470. The lowest BCUT2D eigenvalue weighted by molar-refractivity contribution is 0.0663. The number of nitrogens with zero attached hydrogens (tertiary/aromatic N) is 8. The monoisotopic (exact) mass is 574 g/mol. The first-order valence-corrected chi connectivity index (χ1v) is 14.0. The highest BCUT2D eigenvalue weighted by atomic mass is 16.7. The molecular weight excluding hydrogens is 540 g/mol. The molecule has 0 atom stereocenters. The average Bonchev–Trinajstić information content (AvgIpc) is 3.41. The zero-order valence-corrected chi connectivity index (χ0v) is 23.7. The fraction of sp³-hybridized carbons (Fsp3) is 0.429. The number of rotatable bonds is 5. The van der Waals surface area contributed by atoms with E-state index in [1.807, 2.05) is 23.8 Å². The lowest BCUT2D eigenvalue weighted by atomic mass is 10.0. The lowest BCUT2D eigenvalue weighted by Crippen LogP contribution is -2.47. The molecular formula is C28H34N10O4. The van der Waals surface area contributed by atoms with Crippen LogP contribution in [0.4, 0.5) is 28.2 Å². The summed E-state index contributed by atoms with van der Waals surface area (Å²) in [6, 6.07) is 5.31. The Kier molecular flexibility index (Phi) is 7.71. The number of nitrogens with one attached hydrogen (secondary N) is 1. The zero-order chi connectivity index (χ0) is 29.2. The van der Waals surface area contributed by atoms with Gasteiger partial charge in [0.2, 0.25) is 11.9 Å². The number of aromatic nitrogens is 4. The third-order valence-electron chi connectivity index (χ3n) is 7.80. The van der Waals surface area contributed by atoms with E-state index >= 15 is 0 Å². The first-order chi connectivity index (χ1) is 20.4. The number of nitrogens with two attached hydrogens (primary N) is 1. The van der Waals surface area contributed by atoms with Crippen molar-refractivity contribution in [3.63, 3.8) is 0 Å². The van der Waals surface area contributed by atoms with Crippen molar-refractivity contribution in [3.8, 4) is 11.3 Å². The molecule has 3 aliphatic heterocycles. The summed E-state index contributed by atoms with van der Waals surface area (Å²) in [5.41, 5.74) is 9.65. The van der Waals surface area contributed by atoms with Crippen molar-refractivity contribution in [2.24, 2.45) is 0 Å². The maximum Gasteiger partial charge on any atom is 0.436 e. The number of likely N-dealkylation sites (N-methyl/N-ethyl adjacent to an activating group) is 1. The summed E-state index contributed by atoms with van der Waals surface area (Å²) in [7, 11) is 2.05. The molecule has 3 aromatic rings. The van der Waals surface area contributed by atoms with Crippen molar-refractivity contribution in [3.05, 3.63) is 47.3 Å². The molecule has 2 amide bonds. The predicted molar refractivity (Wildman–Crippen MR) is 156 cm³/mol. The van der Waals surface area contributed by atoms with E-state index in [0.29, 0.717) is 92.2 Å². The molecule has 0 saturated carbocycles. The normalized spacial score (nSPS) is 17.2. The van der Waals surface area contributed by atoms with Gasteiger partial charge in [-0.15, -0.1) is 0 Å². The van der Waals surface area contributed by atoms with Gasteiger partial charge in [0.15, 0.2) is 5.82 Å². The van der Waals surface area contributed by atoms with Crippen LogP contribution < -0.4 is 21.0 Å². The van der Waals surface area contributed by atoms with Gasteiger partial charge >= 0.3 is 6.09 Å². The smallest absolute Gasteiger partial charge is 0.378 e. The van der Waals surface area contributed by atoms with Crippen LogP contribution in [0.3, 0.4) is 0 Å². The van der Waals surface area contributed by atoms with Gasteiger partial charge < -0.3 is 30.0 Å². The van der Waals surface area contributed by atoms with Crippen LogP contribution in [0.2, 0.25) is 0 Å². The first-order valence-electron chi connectivity index (χ1n) is 14.0. The van der Waals surface area contributed by atoms with Crippen molar-refractivity contribution in [2.45, 2.75) is 13.3 Å². The van der Waals surface area contributed by atoms with Crippen LogP contribution in [0.5, 0.6) is 0 Å². The van der Waals surface area contributed by atoms with E-state index in [1.54, 1.807) is 30.6 Å². The summed E-state index contributed by atoms with van der Waals surface area (Å²) in [5.74, 6) is 1.14. The fourth-order valence-corrected chi connectivity index (χ4v) is 5.32. The summed E-state index contributed by atoms with van der Waals surface area (Å²) < 4.78 is 5.50. The number of piperazine rings is 1. The molecule has 220 valence electrons. The fourth-order valence-electron chi connectivity index (χ4n) is 5.32. The van der Waals surface area contributed by atoms with Crippen molar-refractivity contribution >= 4 is 35.4 Å². The molecule has 2 saturated heterocycles. The van der Waals surface area contributed by atoms with Crippen molar-refractivity contribution in [1.29, 1.82) is 0 Å². The number of nitrogen functional groups attached to an aromatic ring is 1. The minimum Gasteiger partial charge on any atom is -0.378 e. The highest BCUT2D eigenvalue weighted by Crippen LogP contribution is 2.35. The molecule has 3 N–H and O–H groups in total. The number of hydroxylamine groups is 1. The topological polar surface area (TPSA) is 155 Å². The lowest BCUT2D eigenvalue weighted by Gasteiger charge is -2.32. The second-order valence-electron chi connectivity index (χ2n) is 10.5. The SMILES string of the molecule is Cc1c(NC(=O)ON2CCc3c(-c4cnc(N)nc4)nc(N4CCOCC4)nc32)cccc1C(=O)N1CCN(C)CC1. The van der Waals surface area contributed by atoms with Crippen LogP contribution in [0.15, 0.2) is 30.6 Å². The Labute approximate surface area is 243 Å². The summed E-state index contributed by atoms with van der Waals surface area (Å²) in [4.78, 5) is 56.1. The van der Waals surface area contributed by atoms with Crippen molar-refractivity contribution < 1.29 is 19.2 Å². The van der Waals surface area contributed by atoms with Gasteiger partial charge in [0.25, 0.3) is 5.91 Å². The van der Waals surface area contributed by atoms with E-state index in [4.69, 9.17) is 25.3 Å². The highest BCUT2D eigenvalue weighted by Gasteiger charge is 2.31. The van der Waals surface area contributed by atoms with Crippen LogP contribution in [-0.4, -0.2) is 108 Å². The van der Waals surface area contributed by atoms with Crippen LogP contribution >= 0.6 is 0 Å². The number of hydrogen-bond acceptors (Lipinski definition) is 12. The number of benzene rings is 1. The van der Waals surface area contributed by atoms with Gasteiger partial charge in [-0.25, -0.2) is 19.7 Å². The molecule has 42 heavy (non-hydrogen) atoms. The van der Waals surface area contributed by atoms with Gasteiger partial charge in [-0.2, -0.15) is 10.0 Å². The van der Waals surface area contributed by atoms with E-state index in [9.17, 15) is 9.59 Å². The molecule has 6 rings (SSSR count). The van der Waals surface area contributed by atoms with E-state index in [1.165, 1.54) is 5.06 Å². The van der Waals surface area contributed by atoms with Gasteiger partial charge in [0.1, 0.15) is 0 Å². The second kappa shape index (κ2) is 11.7. The number of fused-ring (bicyclic) bond motifs is 1. The Morgan fingerprint density at radius 2 is 1.74 bits per heavy atom. The molecule has 0 radical (unpaired) electrons. The van der Waals surface area contributed by atoms with Gasteiger partial charge in [-0.1, -0.05) is 6.07 Å². The third-order valence-corrected chi connectivity index (χ3v) is 7.80. The second-order valence-corrected chi connectivity index (χ2v) is 10.5. The Morgan fingerprint density at radius 3 is 2.48 bits per heavy atom. The van der Waals surface area contributed by atoms with E-state index < -0.39 is 6.09 Å². The molecule has 14 heteroatoms. The van der Waals surface area contributed by atoms with E-state index in [0.717, 1.165) is 18.7 Å². The summed E-state index contributed by atoms with van der Waals surface area (Å²) in [5, 5.41) is 4.30. The van der Waals surface area contributed by atoms with E-state index in [-0.39, 0.29) is 11.9 Å². The maximum atomic E-state index is 13.2. The first kappa shape index (κ1) is 27.6. The van der Waals surface area contributed by atoms with Crippen LogP contribution in [0.25, 0.3) is 11.3 Å². The molecule has 2 fully saturated rings. The predicted octanol–water partition coefficient (Wildman–Crippen LogP) is 1.57. The van der Waals surface area contributed by atoms with Crippen molar-refractivity contribution in [1.82, 2.24) is 29.7 Å². The van der Waals surface area contributed by atoms with E-state index in [2.05, 4.69) is 20.2 Å². The van der Waals surface area contributed by atoms with Crippen molar-refractivity contribution in [2.75, 3.05) is 87.1 Å². The minimum atomic E-state index is -0.681. The standard InChI is InChI=1S/C28H34N10O4/c1-18-20(25(39)36-10-8-35(2)9-11-36)4-3-5-22(18)32-28(40)42-38-7-6-21-23(19-16-30-26(29)31-17-19)33-27(34-24(21)38)37-12-14-41-15-13-37/h3-5,16-17H,6-15H2,1-2H3,(H,32,40)(H2,29,30,31). The molecule has 1 aromatic carbocycles. The molecule has 14 nitrogen and oxygen atoms in total. The third kappa shape index (κ3) is 5.63. The molecule has 5 heterocycles. The molecule has 0 unspecified atom stereocenters. The number of amides is 2. The quantitative estimate of drug-likeness (QED) is 0.454. The molecule has 0 aliphatic carbocycles. The highest BCUT2D eigenvalue weighted by molar-refractivity contribution is 5.98. The number of morpholine rings is 1. The molecule has 0 spiro atoms. The van der Waals surface area contributed by atoms with Gasteiger partial charge in [0.05, 0.1) is 25.5 Å². The molecule has 2 aromatic heterocycles. The van der Waals surface area contributed by atoms with Gasteiger partial charge in [-0.05, 0) is 38.1 Å². The van der Waals surface area contributed by atoms with Crippen LogP contribution in [-0.2, 0) is 16.0 Å². The number of hydrogen-bond donors (Lipinski definition) is 2. The number of anilines is 4. The largest absolute Gasteiger partial charge is 0.436 e. The maximum absolute atomic E-state index is 13.2. The van der Waals surface area contributed by atoms with Gasteiger partial charge in [-0.3, -0.25) is 10.1 Å². The molecule has 0 bridgehead atoms. The minimum absolute atomic E-state index is 0.0439. The van der Waals surface area contributed by atoms with Crippen LogP contribution in [0.1, 0.15) is 21.5 Å².